The zero-order valence-electron chi connectivity index (χ0n) is 18.3. The predicted molar refractivity (Wildman–Crippen MR) is 126 cm³/mol. The summed E-state index contributed by atoms with van der Waals surface area (Å²) in [6, 6.07) is 20.6. The fraction of sp³-hybridized carbons (Fsp3) is 0.241. The SMILES string of the molecule is Cc1ccc2c3c1-c1cc(cc[n+]1C)CCCCc1cccc(c1)-c1nccc-2c1C3. The van der Waals surface area contributed by atoms with Gasteiger partial charge in [-0.05, 0) is 83.7 Å². The molecule has 2 aromatic carbocycles. The maximum Gasteiger partial charge on any atom is 0.213 e. The first kappa shape index (κ1) is 18.5. The van der Waals surface area contributed by atoms with E-state index in [-0.39, 0.29) is 0 Å². The first-order valence-corrected chi connectivity index (χ1v) is 11.4. The third-order valence-corrected chi connectivity index (χ3v) is 7.07. The maximum absolute atomic E-state index is 4.87. The number of hydrogen-bond donors (Lipinski definition) is 0. The second-order valence-electron chi connectivity index (χ2n) is 9.08. The van der Waals surface area contributed by atoms with Crippen molar-refractivity contribution in [2.45, 2.75) is 39.0 Å². The van der Waals surface area contributed by atoms with Crippen molar-refractivity contribution in [2.75, 3.05) is 0 Å². The zero-order chi connectivity index (χ0) is 20.9. The average molecular weight is 404 g/mol. The van der Waals surface area contributed by atoms with Gasteiger partial charge in [0.2, 0.25) is 5.69 Å². The molecule has 152 valence electrons. The van der Waals surface area contributed by atoms with Gasteiger partial charge in [-0.2, -0.15) is 0 Å². The lowest BCUT2D eigenvalue weighted by atomic mass is 9.93. The van der Waals surface area contributed by atoms with E-state index in [1.165, 1.54) is 68.6 Å². The van der Waals surface area contributed by atoms with Crippen LogP contribution < -0.4 is 4.57 Å². The van der Waals surface area contributed by atoms with E-state index >= 15 is 0 Å². The summed E-state index contributed by atoms with van der Waals surface area (Å²) in [7, 11) is 2.17. The van der Waals surface area contributed by atoms with Gasteiger partial charge in [-0.15, -0.1) is 0 Å². The molecule has 4 aromatic rings. The smallest absolute Gasteiger partial charge is 0.213 e. The quantitative estimate of drug-likeness (QED) is 0.290. The van der Waals surface area contributed by atoms with Gasteiger partial charge in [0.1, 0.15) is 7.05 Å². The molecule has 0 fully saturated rings. The molecular formula is C29H27N2+. The van der Waals surface area contributed by atoms with E-state index in [0.717, 1.165) is 25.0 Å². The van der Waals surface area contributed by atoms with Crippen molar-refractivity contribution >= 4 is 0 Å². The second-order valence-corrected chi connectivity index (χ2v) is 9.08. The predicted octanol–water partition coefficient (Wildman–Crippen LogP) is 6.00. The largest absolute Gasteiger partial charge is 0.256 e. The Morgan fingerprint density at radius 1 is 0.839 bits per heavy atom. The van der Waals surface area contributed by atoms with Crippen molar-refractivity contribution in [3.63, 3.8) is 0 Å². The van der Waals surface area contributed by atoms with Gasteiger partial charge in [-0.1, -0.05) is 30.3 Å². The standard InChI is InChI=1S/C29H27N2/c1-19-10-11-23-24-12-14-30-29-22-9-5-8-20(16-22)6-3-4-7-21-13-15-31(2)27(17-21)28(19)25(23)18-26(24)29/h5,8-17H,3-4,6-7,18H2,1-2H3/q+1. The third-order valence-electron chi connectivity index (χ3n) is 7.07. The molecule has 2 aromatic heterocycles. The fourth-order valence-corrected chi connectivity index (χ4v) is 5.46. The second kappa shape index (κ2) is 7.16. The average Bonchev–Trinajstić information content (AvgIpc) is 3.16. The van der Waals surface area contributed by atoms with Crippen molar-refractivity contribution < 1.29 is 4.57 Å². The molecule has 2 heteroatoms. The lowest BCUT2D eigenvalue weighted by Gasteiger charge is -2.12. The first-order valence-electron chi connectivity index (χ1n) is 11.4. The number of fused-ring (bicyclic) bond motifs is 7. The van der Waals surface area contributed by atoms with Crippen molar-refractivity contribution in [3.8, 4) is 33.6 Å². The number of pyridine rings is 2. The molecule has 2 heterocycles. The number of aryl methyl sites for hydroxylation is 4. The lowest BCUT2D eigenvalue weighted by molar-refractivity contribution is -0.660. The molecule has 2 aliphatic rings. The van der Waals surface area contributed by atoms with Gasteiger partial charge in [0.25, 0.3) is 0 Å². The minimum Gasteiger partial charge on any atom is -0.256 e. The molecule has 6 bridgehead atoms. The summed E-state index contributed by atoms with van der Waals surface area (Å²) in [5, 5.41) is 0. The Balaban J connectivity index is 1.64. The van der Waals surface area contributed by atoms with Crippen LogP contribution in [0.3, 0.4) is 0 Å². The summed E-state index contributed by atoms with van der Waals surface area (Å²) in [4.78, 5) is 4.87. The highest BCUT2D eigenvalue weighted by molar-refractivity contribution is 5.88. The summed E-state index contributed by atoms with van der Waals surface area (Å²) >= 11 is 0. The van der Waals surface area contributed by atoms with Gasteiger partial charge in [0.05, 0.1) is 11.3 Å². The summed E-state index contributed by atoms with van der Waals surface area (Å²) in [5.74, 6) is 0. The number of nitrogens with zero attached hydrogens (tertiary/aromatic N) is 2. The van der Waals surface area contributed by atoms with Crippen LogP contribution in [0.25, 0.3) is 33.6 Å². The van der Waals surface area contributed by atoms with Crippen LogP contribution >= 0.6 is 0 Å². The highest BCUT2D eigenvalue weighted by Crippen LogP contribution is 2.45. The van der Waals surface area contributed by atoms with Crippen LogP contribution in [0.4, 0.5) is 0 Å². The van der Waals surface area contributed by atoms with E-state index in [0.29, 0.717) is 0 Å². The van der Waals surface area contributed by atoms with Crippen molar-refractivity contribution in [1.29, 1.82) is 0 Å². The number of aromatic nitrogens is 2. The van der Waals surface area contributed by atoms with Crippen molar-refractivity contribution in [1.82, 2.24) is 4.98 Å². The molecule has 0 atom stereocenters. The highest BCUT2D eigenvalue weighted by Gasteiger charge is 2.29. The van der Waals surface area contributed by atoms with E-state index < -0.39 is 0 Å². The summed E-state index contributed by atoms with van der Waals surface area (Å²) in [5.41, 5.74) is 14.8. The summed E-state index contributed by atoms with van der Waals surface area (Å²) in [6.07, 6.45) is 9.84. The van der Waals surface area contributed by atoms with Gasteiger partial charge < -0.3 is 0 Å². The van der Waals surface area contributed by atoms with E-state index in [9.17, 15) is 0 Å². The van der Waals surface area contributed by atoms with Crippen molar-refractivity contribution in [3.05, 3.63) is 94.8 Å². The lowest BCUT2D eigenvalue weighted by Crippen LogP contribution is -2.31. The normalized spacial score (nSPS) is 14.1. The molecule has 0 saturated carbocycles. The Morgan fingerprint density at radius 2 is 1.65 bits per heavy atom. The minimum atomic E-state index is 0.944. The van der Waals surface area contributed by atoms with Gasteiger partial charge in [0.15, 0.2) is 6.20 Å². The Morgan fingerprint density at radius 3 is 2.52 bits per heavy atom. The molecule has 0 N–H and O–H groups in total. The Labute approximate surface area is 184 Å². The van der Waals surface area contributed by atoms with Gasteiger partial charge in [0, 0.05) is 30.3 Å². The summed E-state index contributed by atoms with van der Waals surface area (Å²) in [6.45, 7) is 2.25. The molecule has 0 radical (unpaired) electrons. The van der Waals surface area contributed by atoms with Crippen LogP contribution in [0, 0.1) is 6.92 Å². The Hall–Kier alpha value is -3.26. The number of benzene rings is 2. The Bertz CT molecular complexity index is 1330. The van der Waals surface area contributed by atoms with Crippen LogP contribution in [0.15, 0.2) is 67.0 Å². The number of rotatable bonds is 0. The van der Waals surface area contributed by atoms with Gasteiger partial charge >= 0.3 is 0 Å². The van der Waals surface area contributed by atoms with Crippen LogP contribution in [0.1, 0.15) is 40.7 Å². The molecule has 0 saturated heterocycles. The summed E-state index contributed by atoms with van der Waals surface area (Å²) < 4.78 is 2.29. The van der Waals surface area contributed by atoms with E-state index in [1.54, 1.807) is 0 Å². The maximum atomic E-state index is 4.87. The topological polar surface area (TPSA) is 16.8 Å². The Kier molecular flexibility index (Phi) is 4.27. The molecule has 0 spiro atoms. The van der Waals surface area contributed by atoms with Crippen LogP contribution in [0.5, 0.6) is 0 Å². The zero-order valence-corrected chi connectivity index (χ0v) is 18.3. The van der Waals surface area contributed by atoms with E-state index in [4.69, 9.17) is 4.98 Å². The molecular weight excluding hydrogens is 376 g/mol. The molecule has 31 heavy (non-hydrogen) atoms. The van der Waals surface area contributed by atoms with Gasteiger partial charge in [-0.25, -0.2) is 4.57 Å². The molecule has 0 aliphatic heterocycles. The van der Waals surface area contributed by atoms with Crippen LogP contribution in [0.2, 0.25) is 0 Å². The van der Waals surface area contributed by atoms with Crippen LogP contribution in [-0.2, 0) is 26.3 Å². The third kappa shape index (κ3) is 3.01. The monoisotopic (exact) mass is 403 g/mol. The molecule has 0 amide bonds. The molecule has 6 rings (SSSR count). The van der Waals surface area contributed by atoms with Crippen LogP contribution in [-0.4, -0.2) is 4.98 Å². The first-order chi connectivity index (χ1) is 15.2. The number of hydrogen-bond acceptors (Lipinski definition) is 1. The van der Waals surface area contributed by atoms with Gasteiger partial charge in [-0.3, -0.25) is 4.98 Å². The highest BCUT2D eigenvalue weighted by atomic mass is 14.9. The van der Waals surface area contributed by atoms with E-state index in [2.05, 4.69) is 79.3 Å². The van der Waals surface area contributed by atoms with E-state index in [1.807, 2.05) is 6.20 Å². The van der Waals surface area contributed by atoms with Crippen molar-refractivity contribution in [2.24, 2.45) is 7.05 Å². The fourth-order valence-electron chi connectivity index (χ4n) is 5.46. The minimum absolute atomic E-state index is 0.944. The molecule has 2 aliphatic carbocycles. The molecule has 2 nitrogen and oxygen atoms in total. The molecule has 0 unspecified atom stereocenters.